The zero-order valence-corrected chi connectivity index (χ0v) is 9.79. The molecule has 1 aromatic carbocycles. The summed E-state index contributed by atoms with van der Waals surface area (Å²) < 4.78 is 19.1. The van der Waals surface area contributed by atoms with Gasteiger partial charge in [0.1, 0.15) is 11.6 Å². The minimum Gasteiger partial charge on any atom is -0.490 e. The lowest BCUT2D eigenvalue weighted by Crippen LogP contribution is -2.25. The standard InChI is InChI=1S/C14H17FO2/c15-11-4-5-13(17-12-2-1-3-12)10(8-11)9-14(16)6-7-14/h4-5,8,12,16H,1-3,6-7,9H2. The zero-order valence-electron chi connectivity index (χ0n) is 9.79. The molecule has 1 N–H and O–H groups in total. The molecule has 2 aliphatic rings. The number of hydrogen-bond donors (Lipinski definition) is 1. The third kappa shape index (κ3) is 2.44. The molecule has 1 aromatic rings. The van der Waals surface area contributed by atoms with Crippen molar-refractivity contribution in [3.63, 3.8) is 0 Å². The Balaban J connectivity index is 1.79. The topological polar surface area (TPSA) is 29.5 Å². The Morgan fingerprint density at radius 2 is 2.12 bits per heavy atom. The van der Waals surface area contributed by atoms with Gasteiger partial charge in [0.2, 0.25) is 0 Å². The normalized spacial score (nSPS) is 22.0. The average molecular weight is 236 g/mol. The number of halogens is 1. The van der Waals surface area contributed by atoms with Crippen LogP contribution in [-0.2, 0) is 6.42 Å². The SMILES string of the molecule is OC1(Cc2cc(F)ccc2OC2CCC2)CC1. The minimum absolute atomic E-state index is 0.259. The van der Waals surface area contributed by atoms with Crippen LogP contribution < -0.4 is 4.74 Å². The summed E-state index contributed by atoms with van der Waals surface area (Å²) in [6.07, 6.45) is 5.80. The summed E-state index contributed by atoms with van der Waals surface area (Å²) in [7, 11) is 0. The van der Waals surface area contributed by atoms with Gasteiger partial charge in [-0.1, -0.05) is 0 Å². The third-order valence-electron chi connectivity index (χ3n) is 3.72. The van der Waals surface area contributed by atoms with E-state index in [0.717, 1.165) is 37.0 Å². The van der Waals surface area contributed by atoms with Gasteiger partial charge in [-0.3, -0.25) is 0 Å². The Bertz CT molecular complexity index is 422. The van der Waals surface area contributed by atoms with Crippen LogP contribution in [0.2, 0.25) is 0 Å². The molecule has 2 fully saturated rings. The third-order valence-corrected chi connectivity index (χ3v) is 3.72. The zero-order chi connectivity index (χ0) is 11.9. The fraction of sp³-hybridized carbons (Fsp3) is 0.571. The maximum Gasteiger partial charge on any atom is 0.123 e. The highest BCUT2D eigenvalue weighted by Crippen LogP contribution is 2.40. The van der Waals surface area contributed by atoms with E-state index < -0.39 is 5.60 Å². The Kier molecular flexibility index (Phi) is 2.58. The van der Waals surface area contributed by atoms with Crippen LogP contribution in [0.5, 0.6) is 5.75 Å². The van der Waals surface area contributed by atoms with Crippen LogP contribution in [0.25, 0.3) is 0 Å². The van der Waals surface area contributed by atoms with Gasteiger partial charge in [0, 0.05) is 6.42 Å². The first kappa shape index (κ1) is 11.0. The number of ether oxygens (including phenoxy) is 1. The molecule has 3 heteroatoms. The molecule has 0 amide bonds. The molecular weight excluding hydrogens is 219 g/mol. The van der Waals surface area contributed by atoms with Gasteiger partial charge < -0.3 is 9.84 Å². The lowest BCUT2D eigenvalue weighted by molar-refractivity contribution is 0.114. The molecule has 0 saturated heterocycles. The summed E-state index contributed by atoms with van der Waals surface area (Å²) in [4.78, 5) is 0. The van der Waals surface area contributed by atoms with Crippen molar-refractivity contribution in [2.45, 2.75) is 50.2 Å². The van der Waals surface area contributed by atoms with Crippen LogP contribution in [0.4, 0.5) is 4.39 Å². The summed E-state index contributed by atoms with van der Waals surface area (Å²) in [5, 5.41) is 9.92. The lowest BCUT2D eigenvalue weighted by Gasteiger charge is -2.27. The van der Waals surface area contributed by atoms with Gasteiger partial charge >= 0.3 is 0 Å². The van der Waals surface area contributed by atoms with Gasteiger partial charge in [0.05, 0.1) is 11.7 Å². The second-order valence-corrected chi connectivity index (χ2v) is 5.32. The fourth-order valence-electron chi connectivity index (χ4n) is 2.14. The highest BCUT2D eigenvalue weighted by atomic mass is 19.1. The summed E-state index contributed by atoms with van der Waals surface area (Å²) in [5.41, 5.74) is 0.197. The van der Waals surface area contributed by atoms with Gasteiger partial charge in [0.25, 0.3) is 0 Å². The van der Waals surface area contributed by atoms with Crippen LogP contribution in [0, 0.1) is 5.82 Å². The van der Waals surface area contributed by atoms with E-state index >= 15 is 0 Å². The van der Waals surface area contributed by atoms with E-state index in [1.807, 2.05) is 0 Å². The Morgan fingerprint density at radius 3 is 2.71 bits per heavy atom. The molecule has 2 nitrogen and oxygen atoms in total. The van der Waals surface area contributed by atoms with E-state index in [4.69, 9.17) is 4.74 Å². The number of rotatable bonds is 4. The second-order valence-electron chi connectivity index (χ2n) is 5.32. The van der Waals surface area contributed by atoms with Crippen LogP contribution >= 0.6 is 0 Å². The van der Waals surface area contributed by atoms with Crippen LogP contribution in [0.3, 0.4) is 0 Å². The van der Waals surface area contributed by atoms with E-state index in [9.17, 15) is 9.50 Å². The molecule has 0 aliphatic heterocycles. The molecule has 0 spiro atoms. The fourth-order valence-corrected chi connectivity index (χ4v) is 2.14. The lowest BCUT2D eigenvalue weighted by atomic mass is 9.96. The number of benzene rings is 1. The van der Waals surface area contributed by atoms with E-state index in [1.54, 1.807) is 6.07 Å². The number of aliphatic hydroxyl groups is 1. The maximum absolute atomic E-state index is 13.2. The molecule has 17 heavy (non-hydrogen) atoms. The van der Waals surface area contributed by atoms with Crippen molar-refractivity contribution in [2.75, 3.05) is 0 Å². The van der Waals surface area contributed by atoms with Gasteiger partial charge in [-0.2, -0.15) is 0 Å². The average Bonchev–Trinajstić information content (AvgIpc) is 2.92. The predicted octanol–water partition coefficient (Wildman–Crippen LogP) is 2.82. The Hall–Kier alpha value is -1.09. The molecule has 3 rings (SSSR count). The molecule has 0 radical (unpaired) electrons. The maximum atomic E-state index is 13.2. The first-order valence-electron chi connectivity index (χ1n) is 6.32. The van der Waals surface area contributed by atoms with Crippen molar-refractivity contribution in [3.05, 3.63) is 29.6 Å². The van der Waals surface area contributed by atoms with Crippen LogP contribution in [0.1, 0.15) is 37.7 Å². The van der Waals surface area contributed by atoms with Gasteiger partial charge in [-0.25, -0.2) is 4.39 Å². The highest BCUT2D eigenvalue weighted by Gasteiger charge is 2.41. The second kappa shape index (κ2) is 3.98. The van der Waals surface area contributed by atoms with Crippen LogP contribution in [-0.4, -0.2) is 16.8 Å². The van der Waals surface area contributed by atoms with E-state index in [0.29, 0.717) is 6.42 Å². The first-order valence-corrected chi connectivity index (χ1v) is 6.32. The largest absolute Gasteiger partial charge is 0.490 e. The van der Waals surface area contributed by atoms with Crippen molar-refractivity contribution in [1.29, 1.82) is 0 Å². The van der Waals surface area contributed by atoms with Crippen molar-refractivity contribution in [2.24, 2.45) is 0 Å². The molecule has 0 atom stereocenters. The van der Waals surface area contributed by atoms with E-state index in [1.165, 1.54) is 18.6 Å². The van der Waals surface area contributed by atoms with Gasteiger partial charge in [-0.05, 0) is 55.9 Å². The van der Waals surface area contributed by atoms with Gasteiger partial charge in [-0.15, -0.1) is 0 Å². The summed E-state index contributed by atoms with van der Waals surface area (Å²) in [6, 6.07) is 4.60. The molecule has 0 aromatic heterocycles. The van der Waals surface area contributed by atoms with Crippen LogP contribution in [0.15, 0.2) is 18.2 Å². The van der Waals surface area contributed by atoms with Crippen molar-refractivity contribution >= 4 is 0 Å². The highest BCUT2D eigenvalue weighted by molar-refractivity contribution is 5.36. The van der Waals surface area contributed by atoms with E-state index in [-0.39, 0.29) is 11.9 Å². The number of hydrogen-bond acceptors (Lipinski definition) is 2. The quantitative estimate of drug-likeness (QED) is 0.871. The first-order chi connectivity index (χ1) is 8.15. The van der Waals surface area contributed by atoms with Crippen molar-refractivity contribution in [3.8, 4) is 5.75 Å². The smallest absolute Gasteiger partial charge is 0.123 e. The molecule has 2 saturated carbocycles. The Morgan fingerprint density at radius 1 is 1.35 bits per heavy atom. The molecule has 0 heterocycles. The van der Waals surface area contributed by atoms with Crippen molar-refractivity contribution < 1.29 is 14.2 Å². The van der Waals surface area contributed by atoms with E-state index in [2.05, 4.69) is 0 Å². The molecular formula is C14H17FO2. The summed E-state index contributed by atoms with van der Waals surface area (Å²) in [6.45, 7) is 0. The summed E-state index contributed by atoms with van der Waals surface area (Å²) in [5.74, 6) is 0.488. The molecule has 92 valence electrons. The monoisotopic (exact) mass is 236 g/mol. The molecule has 0 unspecified atom stereocenters. The minimum atomic E-state index is -0.606. The molecule has 2 aliphatic carbocycles. The van der Waals surface area contributed by atoms with Crippen molar-refractivity contribution in [1.82, 2.24) is 0 Å². The Labute approximate surface area is 100 Å². The van der Waals surface area contributed by atoms with Gasteiger partial charge in [0.15, 0.2) is 0 Å². The summed E-state index contributed by atoms with van der Waals surface area (Å²) >= 11 is 0. The predicted molar refractivity (Wildman–Crippen MR) is 62.6 cm³/mol. The molecule has 0 bridgehead atoms.